The summed E-state index contributed by atoms with van der Waals surface area (Å²) in [6.45, 7) is 6.04. The van der Waals surface area contributed by atoms with Gasteiger partial charge >= 0.3 is 5.97 Å². The molecule has 0 aliphatic rings. The Labute approximate surface area is 83.3 Å². The number of rotatable bonds is 3. The van der Waals surface area contributed by atoms with Crippen molar-refractivity contribution in [2.75, 3.05) is 6.61 Å². The van der Waals surface area contributed by atoms with Gasteiger partial charge in [0.2, 0.25) is 0 Å². The van der Waals surface area contributed by atoms with E-state index in [4.69, 9.17) is 9.84 Å². The fraction of sp³-hybridized carbons (Fsp3) is 0.364. The summed E-state index contributed by atoms with van der Waals surface area (Å²) < 4.78 is 5.31. The Kier molecular flexibility index (Phi) is 3.12. The molecule has 0 aromatic heterocycles. The summed E-state index contributed by atoms with van der Waals surface area (Å²) in [4.78, 5) is 10.9. The van der Waals surface area contributed by atoms with E-state index < -0.39 is 5.97 Å². The van der Waals surface area contributed by atoms with Gasteiger partial charge in [-0.3, -0.25) is 0 Å². The second-order valence-corrected chi connectivity index (χ2v) is 3.17. The molecule has 0 saturated heterocycles. The van der Waals surface area contributed by atoms with Crippen LogP contribution in [0.15, 0.2) is 12.1 Å². The molecule has 0 fully saturated rings. The van der Waals surface area contributed by atoms with Gasteiger partial charge in [0.1, 0.15) is 5.75 Å². The lowest BCUT2D eigenvalue weighted by Gasteiger charge is -2.09. The van der Waals surface area contributed by atoms with Crippen molar-refractivity contribution in [2.45, 2.75) is 20.8 Å². The lowest BCUT2D eigenvalue weighted by Crippen LogP contribution is -2.04. The van der Waals surface area contributed by atoms with E-state index in [1.54, 1.807) is 26.0 Å². The minimum absolute atomic E-state index is 0.369. The molecule has 0 bridgehead atoms. The van der Waals surface area contributed by atoms with Gasteiger partial charge < -0.3 is 9.84 Å². The monoisotopic (exact) mass is 194 g/mol. The van der Waals surface area contributed by atoms with Crippen LogP contribution in [0.1, 0.15) is 28.4 Å². The second kappa shape index (κ2) is 4.13. The summed E-state index contributed by atoms with van der Waals surface area (Å²) in [5, 5.41) is 8.93. The van der Waals surface area contributed by atoms with Gasteiger partial charge in [0.25, 0.3) is 0 Å². The van der Waals surface area contributed by atoms with Gasteiger partial charge in [0, 0.05) is 0 Å². The number of aromatic carboxylic acids is 1. The molecule has 76 valence electrons. The predicted molar refractivity (Wildman–Crippen MR) is 54.0 cm³/mol. The molecule has 1 N–H and O–H groups in total. The summed E-state index contributed by atoms with van der Waals surface area (Å²) in [5.41, 5.74) is 1.84. The van der Waals surface area contributed by atoms with Gasteiger partial charge in [-0.1, -0.05) is 0 Å². The molecule has 0 aliphatic heterocycles. The van der Waals surface area contributed by atoms with Gasteiger partial charge in [0.15, 0.2) is 0 Å². The van der Waals surface area contributed by atoms with Crippen LogP contribution < -0.4 is 4.74 Å². The molecule has 3 heteroatoms. The van der Waals surface area contributed by atoms with Crippen molar-refractivity contribution in [1.82, 2.24) is 0 Å². The molecule has 14 heavy (non-hydrogen) atoms. The van der Waals surface area contributed by atoms with E-state index in [0.717, 1.165) is 16.9 Å². The Morgan fingerprint density at radius 2 is 1.86 bits per heavy atom. The van der Waals surface area contributed by atoms with E-state index in [9.17, 15) is 4.79 Å². The van der Waals surface area contributed by atoms with E-state index in [1.165, 1.54) is 0 Å². The number of hydrogen-bond acceptors (Lipinski definition) is 2. The molecular formula is C11H14O3. The summed E-state index contributed by atoms with van der Waals surface area (Å²) >= 11 is 0. The average Bonchev–Trinajstić information content (AvgIpc) is 2.01. The number of aryl methyl sites for hydroxylation is 2. The summed E-state index contributed by atoms with van der Waals surface area (Å²) in [6, 6.07) is 3.50. The maximum Gasteiger partial charge on any atom is 0.336 e. The number of ether oxygens (including phenoxy) is 1. The Bertz CT molecular complexity index is 333. The molecule has 1 aromatic carbocycles. The van der Waals surface area contributed by atoms with Crippen molar-refractivity contribution in [3.05, 3.63) is 28.8 Å². The Morgan fingerprint density at radius 3 is 2.21 bits per heavy atom. The highest BCUT2D eigenvalue weighted by Crippen LogP contribution is 2.21. The molecule has 0 radical (unpaired) electrons. The summed E-state index contributed by atoms with van der Waals surface area (Å²) in [6.07, 6.45) is 0. The lowest BCUT2D eigenvalue weighted by molar-refractivity contribution is 0.0695. The lowest BCUT2D eigenvalue weighted by atomic mass is 10.0. The van der Waals surface area contributed by atoms with E-state index >= 15 is 0 Å². The van der Waals surface area contributed by atoms with Crippen LogP contribution >= 0.6 is 0 Å². The zero-order chi connectivity index (χ0) is 10.7. The third-order valence-electron chi connectivity index (χ3n) is 2.03. The zero-order valence-corrected chi connectivity index (χ0v) is 8.63. The fourth-order valence-electron chi connectivity index (χ4n) is 1.51. The van der Waals surface area contributed by atoms with Crippen molar-refractivity contribution in [3.8, 4) is 5.75 Å². The smallest absolute Gasteiger partial charge is 0.336 e. The molecule has 0 atom stereocenters. The van der Waals surface area contributed by atoms with E-state index in [2.05, 4.69) is 0 Å². The van der Waals surface area contributed by atoms with Crippen LogP contribution in [0.25, 0.3) is 0 Å². The van der Waals surface area contributed by atoms with Gasteiger partial charge in [-0.15, -0.1) is 0 Å². The third kappa shape index (κ3) is 2.05. The summed E-state index contributed by atoms with van der Waals surface area (Å²) in [5.74, 6) is -0.157. The first-order chi connectivity index (χ1) is 6.56. The first-order valence-corrected chi connectivity index (χ1v) is 4.53. The van der Waals surface area contributed by atoms with Gasteiger partial charge in [-0.05, 0) is 44.0 Å². The number of carbonyl (C=O) groups is 1. The second-order valence-electron chi connectivity index (χ2n) is 3.17. The van der Waals surface area contributed by atoms with E-state index in [0.29, 0.717) is 12.2 Å². The predicted octanol–water partition coefficient (Wildman–Crippen LogP) is 2.40. The topological polar surface area (TPSA) is 46.5 Å². The molecule has 1 rings (SSSR count). The average molecular weight is 194 g/mol. The molecule has 0 spiro atoms. The summed E-state index contributed by atoms with van der Waals surface area (Å²) in [7, 11) is 0. The van der Waals surface area contributed by atoms with Crippen LogP contribution in [0.4, 0.5) is 0 Å². The standard InChI is InChI=1S/C11H14O3/c1-4-14-9-5-7(2)10(11(12)13)8(3)6-9/h5-6H,4H2,1-3H3,(H,12,13). The molecule has 0 amide bonds. The first-order valence-electron chi connectivity index (χ1n) is 4.53. The van der Waals surface area contributed by atoms with Crippen molar-refractivity contribution >= 4 is 5.97 Å². The molecular weight excluding hydrogens is 180 g/mol. The molecule has 0 unspecified atom stereocenters. The van der Waals surface area contributed by atoms with Crippen LogP contribution in [0.2, 0.25) is 0 Å². The SMILES string of the molecule is CCOc1cc(C)c(C(=O)O)c(C)c1. The van der Waals surface area contributed by atoms with Crippen molar-refractivity contribution in [2.24, 2.45) is 0 Å². The highest BCUT2D eigenvalue weighted by molar-refractivity contribution is 5.91. The first kappa shape index (κ1) is 10.6. The van der Waals surface area contributed by atoms with Crippen LogP contribution in [0, 0.1) is 13.8 Å². The number of benzene rings is 1. The van der Waals surface area contributed by atoms with Gasteiger partial charge in [-0.2, -0.15) is 0 Å². The van der Waals surface area contributed by atoms with Crippen LogP contribution in [-0.2, 0) is 0 Å². The van der Waals surface area contributed by atoms with E-state index in [1.807, 2.05) is 6.92 Å². The molecule has 0 aliphatic carbocycles. The maximum atomic E-state index is 10.9. The zero-order valence-electron chi connectivity index (χ0n) is 8.63. The highest BCUT2D eigenvalue weighted by Gasteiger charge is 2.11. The largest absolute Gasteiger partial charge is 0.494 e. The molecule has 1 aromatic rings. The van der Waals surface area contributed by atoms with Crippen LogP contribution in [0.3, 0.4) is 0 Å². The van der Waals surface area contributed by atoms with Crippen molar-refractivity contribution in [1.29, 1.82) is 0 Å². The maximum absolute atomic E-state index is 10.9. The van der Waals surface area contributed by atoms with Crippen molar-refractivity contribution < 1.29 is 14.6 Å². The Hall–Kier alpha value is -1.51. The Morgan fingerprint density at radius 1 is 1.36 bits per heavy atom. The number of carboxylic acids is 1. The van der Waals surface area contributed by atoms with Crippen molar-refractivity contribution in [3.63, 3.8) is 0 Å². The highest BCUT2D eigenvalue weighted by atomic mass is 16.5. The minimum atomic E-state index is -0.886. The van der Waals surface area contributed by atoms with Gasteiger partial charge in [0.05, 0.1) is 12.2 Å². The number of hydrogen-bond donors (Lipinski definition) is 1. The minimum Gasteiger partial charge on any atom is -0.494 e. The fourth-order valence-corrected chi connectivity index (χ4v) is 1.51. The third-order valence-corrected chi connectivity index (χ3v) is 2.03. The molecule has 0 heterocycles. The molecule has 3 nitrogen and oxygen atoms in total. The quantitative estimate of drug-likeness (QED) is 0.803. The Balaban J connectivity index is 3.18. The molecule has 0 saturated carbocycles. The normalized spacial score (nSPS) is 9.93. The number of carboxylic acid groups (broad SMARTS) is 1. The van der Waals surface area contributed by atoms with Crippen LogP contribution in [-0.4, -0.2) is 17.7 Å². The van der Waals surface area contributed by atoms with Gasteiger partial charge in [-0.25, -0.2) is 4.79 Å². The van der Waals surface area contributed by atoms with E-state index in [-0.39, 0.29) is 0 Å². The van der Waals surface area contributed by atoms with Crippen LogP contribution in [0.5, 0.6) is 5.75 Å².